The number of carbonyl (C=O) groups excluding carboxylic acids is 2. The van der Waals surface area contributed by atoms with Crippen molar-refractivity contribution in [2.45, 2.75) is 78.6 Å². The molecule has 0 aromatic rings. The molecule has 0 amide bonds. The fourth-order valence-corrected chi connectivity index (χ4v) is 6.24. The lowest BCUT2D eigenvalue weighted by molar-refractivity contribution is -0.160. The summed E-state index contributed by atoms with van der Waals surface area (Å²) < 4.78 is 17.5. The first-order chi connectivity index (χ1) is 13.8. The minimum absolute atomic E-state index is 0.0245. The van der Waals surface area contributed by atoms with Crippen LogP contribution in [-0.4, -0.2) is 40.1 Å². The topological polar surface area (TPSA) is 61.8 Å². The third-order valence-corrected chi connectivity index (χ3v) is 12.0. The fraction of sp³-hybridized carbons (Fsp3) is 0.833. The number of hydrogen-bond acceptors (Lipinski definition) is 5. The molecule has 6 heteroatoms. The summed E-state index contributed by atoms with van der Waals surface area (Å²) in [6.45, 7) is 17.7. The zero-order chi connectivity index (χ0) is 22.9. The van der Waals surface area contributed by atoms with E-state index in [0.29, 0.717) is 25.4 Å². The molecule has 0 aromatic heterocycles. The van der Waals surface area contributed by atoms with Crippen LogP contribution < -0.4 is 0 Å². The van der Waals surface area contributed by atoms with Gasteiger partial charge in [-0.1, -0.05) is 46.8 Å². The molecule has 1 fully saturated rings. The highest BCUT2D eigenvalue weighted by Crippen LogP contribution is 2.50. The van der Waals surface area contributed by atoms with Crippen molar-refractivity contribution in [2.24, 2.45) is 35.5 Å². The van der Waals surface area contributed by atoms with Crippen molar-refractivity contribution >= 4 is 20.3 Å². The van der Waals surface area contributed by atoms with Gasteiger partial charge in [0.15, 0.2) is 8.32 Å². The van der Waals surface area contributed by atoms with Gasteiger partial charge in [-0.15, -0.1) is 0 Å². The Hall–Kier alpha value is -1.14. The van der Waals surface area contributed by atoms with E-state index in [1.54, 1.807) is 0 Å². The molecule has 172 valence electrons. The number of hydrogen-bond donors (Lipinski definition) is 0. The third-order valence-electron chi connectivity index (χ3n) is 7.52. The largest absolute Gasteiger partial charge is 0.469 e. The van der Waals surface area contributed by atoms with E-state index >= 15 is 0 Å². The number of esters is 2. The molecule has 0 radical (unpaired) electrons. The van der Waals surface area contributed by atoms with Crippen LogP contribution in [0, 0.1) is 35.5 Å². The van der Waals surface area contributed by atoms with Crippen molar-refractivity contribution in [3.05, 3.63) is 12.2 Å². The molecule has 0 saturated heterocycles. The van der Waals surface area contributed by atoms with E-state index in [4.69, 9.17) is 13.9 Å². The lowest BCUT2D eigenvalue weighted by Crippen LogP contribution is -2.54. The molecular weight excluding hydrogens is 396 g/mol. The van der Waals surface area contributed by atoms with Gasteiger partial charge < -0.3 is 13.9 Å². The van der Waals surface area contributed by atoms with Crippen molar-refractivity contribution in [1.82, 2.24) is 0 Å². The second-order valence-electron chi connectivity index (χ2n) is 10.8. The van der Waals surface area contributed by atoms with Crippen LogP contribution in [0.15, 0.2) is 12.2 Å². The standard InChI is InChI=1S/C24H42O5Si/c1-10-28-23(26)21-18(15(2)3)12-11-16-13-17(22(25)27-7)14-19(20(16)21)29-30(8,9)24(4,5)6/h11-12,15-21H,10,13-14H2,1-9H3/t16?,17-,18+,19?,20?,21-/m0/s1. The average molecular weight is 439 g/mol. The van der Waals surface area contributed by atoms with Crippen molar-refractivity contribution in [3.8, 4) is 0 Å². The van der Waals surface area contributed by atoms with Crippen LogP contribution in [0.4, 0.5) is 0 Å². The average Bonchev–Trinajstić information content (AvgIpc) is 2.65. The van der Waals surface area contributed by atoms with Gasteiger partial charge in [0.1, 0.15) is 0 Å². The van der Waals surface area contributed by atoms with Crippen molar-refractivity contribution in [1.29, 1.82) is 0 Å². The van der Waals surface area contributed by atoms with Crippen LogP contribution in [0.25, 0.3) is 0 Å². The molecule has 2 rings (SSSR count). The SMILES string of the molecule is CCOC(=O)[C@@H]1C2C(C=C[C@@H]1C(C)C)C[C@H](C(=O)OC)CC2O[Si](C)(C)C(C)(C)C. The Bertz CT molecular complexity index is 648. The molecule has 0 bridgehead atoms. The van der Waals surface area contributed by atoms with E-state index in [9.17, 15) is 9.59 Å². The van der Waals surface area contributed by atoms with Crippen molar-refractivity contribution < 1.29 is 23.5 Å². The maximum atomic E-state index is 13.2. The number of methoxy groups -OCH3 is 1. The molecule has 0 spiro atoms. The molecular formula is C24H42O5Si. The summed E-state index contributed by atoms with van der Waals surface area (Å²) in [5.74, 6) is -0.171. The van der Waals surface area contributed by atoms with E-state index in [2.05, 4.69) is 59.9 Å². The van der Waals surface area contributed by atoms with Crippen molar-refractivity contribution in [3.63, 3.8) is 0 Å². The predicted octanol–water partition coefficient (Wildman–Crippen LogP) is 5.21. The molecule has 0 aromatic carbocycles. The fourth-order valence-electron chi connectivity index (χ4n) is 4.88. The summed E-state index contributed by atoms with van der Waals surface area (Å²) in [5.41, 5.74) is 0. The summed E-state index contributed by atoms with van der Waals surface area (Å²) in [7, 11) is -0.654. The van der Waals surface area contributed by atoms with Gasteiger partial charge in [0, 0.05) is 5.92 Å². The van der Waals surface area contributed by atoms with E-state index in [1.165, 1.54) is 7.11 Å². The molecule has 1 saturated carbocycles. The van der Waals surface area contributed by atoms with Crippen LogP contribution in [-0.2, 0) is 23.5 Å². The Kier molecular flexibility index (Phi) is 8.00. The monoisotopic (exact) mass is 438 g/mol. The second-order valence-corrected chi connectivity index (χ2v) is 15.6. The Morgan fingerprint density at radius 1 is 1.10 bits per heavy atom. The molecule has 0 N–H and O–H groups in total. The predicted molar refractivity (Wildman–Crippen MR) is 121 cm³/mol. The summed E-state index contributed by atoms with van der Waals surface area (Å²) in [6.07, 6.45) is 5.55. The first-order valence-corrected chi connectivity index (χ1v) is 14.4. The van der Waals surface area contributed by atoms with Crippen molar-refractivity contribution in [2.75, 3.05) is 13.7 Å². The first-order valence-electron chi connectivity index (χ1n) is 11.4. The lowest BCUT2D eigenvalue weighted by Gasteiger charge is -2.51. The van der Waals surface area contributed by atoms with Crippen LogP contribution in [0.1, 0.15) is 54.4 Å². The van der Waals surface area contributed by atoms with Gasteiger partial charge >= 0.3 is 11.9 Å². The Balaban J connectivity index is 2.49. The van der Waals surface area contributed by atoms with E-state index < -0.39 is 8.32 Å². The Labute approximate surface area is 184 Å². The van der Waals surface area contributed by atoms with Gasteiger partial charge in [0.2, 0.25) is 0 Å². The zero-order valence-corrected chi connectivity index (χ0v) is 21.4. The van der Waals surface area contributed by atoms with E-state index in [-0.39, 0.29) is 52.7 Å². The maximum absolute atomic E-state index is 13.2. The zero-order valence-electron chi connectivity index (χ0n) is 20.4. The van der Waals surface area contributed by atoms with Crippen LogP contribution >= 0.6 is 0 Å². The van der Waals surface area contributed by atoms with Crippen LogP contribution in [0.2, 0.25) is 18.1 Å². The molecule has 0 aliphatic heterocycles. The van der Waals surface area contributed by atoms with Crippen LogP contribution in [0.5, 0.6) is 0 Å². The van der Waals surface area contributed by atoms with Gasteiger partial charge in [0.25, 0.3) is 0 Å². The Morgan fingerprint density at radius 3 is 2.23 bits per heavy atom. The second kappa shape index (κ2) is 9.56. The number of allylic oxidation sites excluding steroid dienone is 2. The van der Waals surface area contributed by atoms with Crippen LogP contribution in [0.3, 0.4) is 0 Å². The molecule has 3 unspecified atom stereocenters. The normalized spacial score (nSPS) is 31.9. The number of ether oxygens (including phenoxy) is 2. The summed E-state index contributed by atoms with van der Waals surface area (Å²) >= 11 is 0. The first kappa shape index (κ1) is 25.1. The quantitative estimate of drug-likeness (QED) is 0.323. The van der Waals surface area contributed by atoms with Gasteiger partial charge in [-0.3, -0.25) is 9.59 Å². The Morgan fingerprint density at radius 2 is 1.73 bits per heavy atom. The molecule has 5 nitrogen and oxygen atoms in total. The highest BCUT2D eigenvalue weighted by molar-refractivity contribution is 6.74. The molecule has 30 heavy (non-hydrogen) atoms. The molecule has 2 aliphatic carbocycles. The summed E-state index contributed by atoms with van der Waals surface area (Å²) in [6, 6.07) is 0. The van der Waals surface area contributed by atoms with Gasteiger partial charge in [0.05, 0.1) is 31.7 Å². The third kappa shape index (κ3) is 5.18. The summed E-state index contributed by atoms with van der Waals surface area (Å²) in [5, 5.41) is 0.0437. The van der Waals surface area contributed by atoms with Gasteiger partial charge in [-0.25, -0.2) is 0 Å². The summed E-state index contributed by atoms with van der Waals surface area (Å²) in [4.78, 5) is 25.6. The smallest absolute Gasteiger partial charge is 0.309 e. The van der Waals surface area contributed by atoms with Gasteiger partial charge in [-0.2, -0.15) is 0 Å². The molecule has 0 heterocycles. The number of fused-ring (bicyclic) bond motifs is 1. The van der Waals surface area contributed by atoms with E-state index in [1.807, 2.05) is 6.92 Å². The highest BCUT2D eigenvalue weighted by Gasteiger charge is 2.53. The number of rotatable bonds is 6. The maximum Gasteiger partial charge on any atom is 0.309 e. The molecule has 6 atom stereocenters. The van der Waals surface area contributed by atoms with Gasteiger partial charge in [-0.05, 0) is 55.7 Å². The molecule has 2 aliphatic rings. The van der Waals surface area contributed by atoms with E-state index in [0.717, 1.165) is 0 Å². The minimum atomic E-state index is -2.10. The highest BCUT2D eigenvalue weighted by atomic mass is 28.4. The number of carbonyl (C=O) groups is 2. The minimum Gasteiger partial charge on any atom is -0.469 e. The lowest BCUT2D eigenvalue weighted by atomic mass is 9.59.